The van der Waals surface area contributed by atoms with Crippen LogP contribution in [-0.2, 0) is 6.18 Å². The fourth-order valence-electron chi connectivity index (χ4n) is 4.88. The summed E-state index contributed by atoms with van der Waals surface area (Å²) in [6.07, 6.45) is 0.900. The molecular formula is C30H28ClF3N6O3. The molecule has 2 amide bonds. The first kappa shape index (κ1) is 29.9. The lowest BCUT2D eigenvalue weighted by molar-refractivity contribution is -0.137. The predicted octanol–water partition coefficient (Wildman–Crippen LogP) is 6.59. The van der Waals surface area contributed by atoms with Gasteiger partial charge in [-0.05, 0) is 67.6 Å². The highest BCUT2D eigenvalue weighted by Crippen LogP contribution is 2.32. The molecule has 5 rings (SSSR count). The SMILES string of the molecule is O=C(NCCC1CCN(c2ccncc2)CC1)Oc1cc(NC(=O)c2ccccc2Cl)n(-c2cccc(C(F)(F)F)c2)n1. The van der Waals surface area contributed by atoms with Gasteiger partial charge < -0.3 is 20.3 Å². The highest BCUT2D eigenvalue weighted by Gasteiger charge is 2.31. The molecule has 13 heteroatoms. The number of nitrogens with one attached hydrogen (secondary N) is 2. The summed E-state index contributed by atoms with van der Waals surface area (Å²) in [7, 11) is 0. The highest BCUT2D eigenvalue weighted by molar-refractivity contribution is 6.34. The number of hydrogen-bond acceptors (Lipinski definition) is 6. The smallest absolute Gasteiger partial charge is 0.390 e. The lowest BCUT2D eigenvalue weighted by Crippen LogP contribution is -2.35. The molecule has 4 aromatic rings. The van der Waals surface area contributed by atoms with Crippen molar-refractivity contribution >= 4 is 35.1 Å². The quantitative estimate of drug-likeness (QED) is 0.233. The Morgan fingerprint density at radius 2 is 1.72 bits per heavy atom. The third kappa shape index (κ3) is 7.63. The van der Waals surface area contributed by atoms with Gasteiger partial charge in [-0.1, -0.05) is 29.8 Å². The van der Waals surface area contributed by atoms with Crippen molar-refractivity contribution in [3.05, 3.63) is 95.3 Å². The van der Waals surface area contributed by atoms with Gasteiger partial charge in [0, 0.05) is 43.8 Å². The summed E-state index contributed by atoms with van der Waals surface area (Å²) in [6, 6.07) is 15.9. The Balaban J connectivity index is 1.23. The van der Waals surface area contributed by atoms with Gasteiger partial charge in [0.2, 0.25) is 5.88 Å². The number of benzene rings is 2. The van der Waals surface area contributed by atoms with E-state index in [0.29, 0.717) is 12.5 Å². The van der Waals surface area contributed by atoms with Crippen LogP contribution in [0.2, 0.25) is 5.02 Å². The van der Waals surface area contributed by atoms with Gasteiger partial charge in [-0.15, -0.1) is 5.10 Å². The van der Waals surface area contributed by atoms with Gasteiger partial charge in [0.15, 0.2) is 0 Å². The second-order valence-electron chi connectivity index (χ2n) is 10.0. The Bertz CT molecular complexity index is 1570. The van der Waals surface area contributed by atoms with Gasteiger partial charge in [-0.2, -0.15) is 13.2 Å². The van der Waals surface area contributed by atoms with Crippen LogP contribution in [0.15, 0.2) is 79.1 Å². The van der Waals surface area contributed by atoms with E-state index in [-0.39, 0.29) is 28.0 Å². The summed E-state index contributed by atoms with van der Waals surface area (Å²) in [5, 5.41) is 9.64. The van der Waals surface area contributed by atoms with E-state index in [2.05, 4.69) is 25.6 Å². The summed E-state index contributed by atoms with van der Waals surface area (Å²) in [5.74, 6) is -0.419. The average molecular weight is 613 g/mol. The number of ether oxygens (including phenoxy) is 1. The molecular weight excluding hydrogens is 585 g/mol. The van der Waals surface area contributed by atoms with E-state index in [9.17, 15) is 22.8 Å². The van der Waals surface area contributed by atoms with Crippen LogP contribution in [0.1, 0.15) is 35.2 Å². The summed E-state index contributed by atoms with van der Waals surface area (Å²) < 4.78 is 46.6. The van der Waals surface area contributed by atoms with E-state index in [4.69, 9.17) is 16.3 Å². The third-order valence-electron chi connectivity index (χ3n) is 7.13. The molecule has 3 heterocycles. The summed E-state index contributed by atoms with van der Waals surface area (Å²) in [4.78, 5) is 31.9. The number of anilines is 2. The number of carbonyl (C=O) groups excluding carboxylic acids is 2. The van der Waals surface area contributed by atoms with Crippen LogP contribution in [0.25, 0.3) is 5.69 Å². The Kier molecular flexibility index (Phi) is 9.15. The summed E-state index contributed by atoms with van der Waals surface area (Å²) >= 11 is 6.14. The topological polar surface area (TPSA) is 101 Å². The van der Waals surface area contributed by atoms with Gasteiger partial charge >= 0.3 is 12.3 Å². The molecule has 0 unspecified atom stereocenters. The number of nitrogens with zero attached hydrogens (tertiary/aromatic N) is 4. The Morgan fingerprint density at radius 3 is 2.44 bits per heavy atom. The number of rotatable bonds is 8. The van der Waals surface area contributed by atoms with Gasteiger partial charge in [0.1, 0.15) is 5.82 Å². The van der Waals surface area contributed by atoms with Crippen LogP contribution in [0.4, 0.5) is 29.5 Å². The van der Waals surface area contributed by atoms with E-state index < -0.39 is 23.7 Å². The molecule has 2 N–H and O–H groups in total. The molecule has 0 spiro atoms. The number of halogens is 4. The first-order valence-electron chi connectivity index (χ1n) is 13.6. The number of aromatic nitrogens is 3. The molecule has 1 fully saturated rings. The van der Waals surface area contributed by atoms with Crippen LogP contribution in [-0.4, -0.2) is 46.4 Å². The van der Waals surface area contributed by atoms with Crippen molar-refractivity contribution in [1.82, 2.24) is 20.1 Å². The molecule has 43 heavy (non-hydrogen) atoms. The molecule has 0 aliphatic carbocycles. The number of alkyl halides is 3. The first-order valence-corrected chi connectivity index (χ1v) is 14.0. The van der Waals surface area contributed by atoms with E-state index in [1.807, 2.05) is 12.1 Å². The zero-order valence-corrected chi connectivity index (χ0v) is 23.6. The highest BCUT2D eigenvalue weighted by atomic mass is 35.5. The molecule has 9 nitrogen and oxygen atoms in total. The maximum absolute atomic E-state index is 13.4. The molecule has 1 saturated heterocycles. The molecule has 2 aromatic carbocycles. The zero-order chi connectivity index (χ0) is 30.4. The van der Waals surface area contributed by atoms with Gasteiger partial charge in [-0.3, -0.25) is 9.78 Å². The molecule has 224 valence electrons. The molecule has 2 aromatic heterocycles. The standard InChI is InChI=1S/C30H28ClF3N6O3/c31-25-7-2-1-6-24(25)28(41)37-26-19-27(38-40(26)23-5-3-4-21(18-23)30(32,33)34)43-29(42)36-15-8-20-11-16-39(17-12-20)22-9-13-35-14-10-22/h1-7,9-10,13-14,18-20H,8,11-12,15-17H2,(H,36,42)(H,37,41). The van der Waals surface area contributed by atoms with E-state index in [1.165, 1.54) is 30.3 Å². The largest absolute Gasteiger partial charge is 0.416 e. The predicted molar refractivity (Wildman–Crippen MR) is 156 cm³/mol. The Hall–Kier alpha value is -4.58. The van der Waals surface area contributed by atoms with E-state index >= 15 is 0 Å². The maximum atomic E-state index is 13.4. The lowest BCUT2D eigenvalue weighted by atomic mass is 9.93. The van der Waals surface area contributed by atoms with Crippen molar-refractivity contribution in [2.75, 3.05) is 29.9 Å². The average Bonchev–Trinajstić information content (AvgIpc) is 3.39. The number of pyridine rings is 1. The number of carbonyl (C=O) groups is 2. The molecule has 0 bridgehead atoms. The monoisotopic (exact) mass is 612 g/mol. The molecule has 0 radical (unpaired) electrons. The minimum Gasteiger partial charge on any atom is -0.390 e. The first-order chi connectivity index (χ1) is 20.7. The van der Waals surface area contributed by atoms with Crippen molar-refractivity contribution in [3.8, 4) is 11.6 Å². The molecule has 1 aliphatic rings. The molecule has 0 atom stereocenters. The second-order valence-corrected chi connectivity index (χ2v) is 10.4. The van der Waals surface area contributed by atoms with E-state index in [1.54, 1.807) is 24.5 Å². The zero-order valence-electron chi connectivity index (χ0n) is 22.9. The van der Waals surface area contributed by atoms with Crippen molar-refractivity contribution < 1.29 is 27.5 Å². The molecule has 0 saturated carbocycles. The Morgan fingerprint density at radius 1 is 0.977 bits per heavy atom. The normalized spacial score (nSPS) is 13.9. The van der Waals surface area contributed by atoms with Crippen molar-refractivity contribution in [2.45, 2.75) is 25.4 Å². The third-order valence-corrected chi connectivity index (χ3v) is 7.46. The van der Waals surface area contributed by atoms with Crippen molar-refractivity contribution in [1.29, 1.82) is 0 Å². The fourth-order valence-corrected chi connectivity index (χ4v) is 5.10. The van der Waals surface area contributed by atoms with Gasteiger partial charge in [-0.25, -0.2) is 9.48 Å². The van der Waals surface area contributed by atoms with Crippen LogP contribution in [0, 0.1) is 5.92 Å². The number of piperidine rings is 1. The van der Waals surface area contributed by atoms with Crippen molar-refractivity contribution in [2.24, 2.45) is 5.92 Å². The van der Waals surface area contributed by atoms with Crippen LogP contribution < -0.4 is 20.3 Å². The minimum absolute atomic E-state index is 0.00218. The van der Waals surface area contributed by atoms with Gasteiger partial charge in [0.25, 0.3) is 5.91 Å². The fraction of sp³-hybridized carbons (Fsp3) is 0.267. The second kappa shape index (κ2) is 13.2. The number of amides is 2. The van der Waals surface area contributed by atoms with Crippen LogP contribution >= 0.6 is 11.6 Å². The number of hydrogen-bond donors (Lipinski definition) is 2. The molecule has 1 aliphatic heterocycles. The van der Waals surface area contributed by atoms with Crippen LogP contribution in [0.5, 0.6) is 5.88 Å². The van der Waals surface area contributed by atoms with Crippen LogP contribution in [0.3, 0.4) is 0 Å². The Labute approximate surface area is 250 Å². The minimum atomic E-state index is -4.60. The summed E-state index contributed by atoms with van der Waals surface area (Å²) in [6.45, 7) is 2.20. The maximum Gasteiger partial charge on any atom is 0.416 e. The van der Waals surface area contributed by atoms with Crippen molar-refractivity contribution in [3.63, 3.8) is 0 Å². The summed E-state index contributed by atoms with van der Waals surface area (Å²) in [5.41, 5.74) is 0.378. The van der Waals surface area contributed by atoms with Gasteiger partial charge in [0.05, 0.1) is 21.8 Å². The van der Waals surface area contributed by atoms with E-state index in [0.717, 1.165) is 54.9 Å². The lowest BCUT2D eigenvalue weighted by Gasteiger charge is -2.33.